The predicted octanol–water partition coefficient (Wildman–Crippen LogP) is 2.85. The van der Waals surface area contributed by atoms with Gasteiger partial charge in [-0.15, -0.1) is 0 Å². The number of fused-ring (bicyclic) bond motifs is 1. The maximum Gasteiger partial charge on any atom is 0.261 e. The zero-order valence-electron chi connectivity index (χ0n) is 20.3. The highest BCUT2D eigenvalue weighted by atomic mass is 16.5. The maximum absolute atomic E-state index is 13.1. The molecule has 3 heterocycles. The third kappa shape index (κ3) is 4.92. The summed E-state index contributed by atoms with van der Waals surface area (Å²) in [5.74, 6) is 0.500. The molecule has 1 fully saturated rings. The molecule has 184 valence electrons. The fourth-order valence-corrected chi connectivity index (χ4v) is 4.34. The normalized spacial score (nSPS) is 14.1. The molecule has 9 nitrogen and oxygen atoms in total. The van der Waals surface area contributed by atoms with Gasteiger partial charge in [-0.25, -0.2) is 4.98 Å². The van der Waals surface area contributed by atoms with Gasteiger partial charge in [-0.3, -0.25) is 19.1 Å². The summed E-state index contributed by atoms with van der Waals surface area (Å²) < 4.78 is 7.08. The van der Waals surface area contributed by atoms with Crippen molar-refractivity contribution in [3.63, 3.8) is 0 Å². The first-order valence-corrected chi connectivity index (χ1v) is 11.8. The maximum atomic E-state index is 13.1. The number of carbonyl (C=O) groups excluding carboxylic acids is 1. The Bertz CT molecular complexity index is 1450. The van der Waals surface area contributed by atoms with Crippen molar-refractivity contribution in [1.82, 2.24) is 19.4 Å². The molecule has 0 spiro atoms. The highest BCUT2D eigenvalue weighted by Gasteiger charge is 2.19. The van der Waals surface area contributed by atoms with E-state index in [9.17, 15) is 9.59 Å². The summed E-state index contributed by atoms with van der Waals surface area (Å²) in [6.07, 6.45) is 3.18. The Morgan fingerprint density at radius 2 is 1.86 bits per heavy atom. The van der Waals surface area contributed by atoms with Crippen molar-refractivity contribution in [2.24, 2.45) is 0 Å². The van der Waals surface area contributed by atoms with Crippen LogP contribution in [-0.2, 0) is 6.54 Å². The largest absolute Gasteiger partial charge is 0.495 e. The van der Waals surface area contributed by atoms with Crippen LogP contribution in [0, 0.1) is 0 Å². The van der Waals surface area contributed by atoms with Crippen LogP contribution >= 0.6 is 0 Å². The molecular formula is C27H28N6O3. The smallest absolute Gasteiger partial charge is 0.261 e. The molecule has 1 saturated heterocycles. The highest BCUT2D eigenvalue weighted by molar-refractivity contribution is 6.06. The number of amides is 1. The molecule has 0 atom stereocenters. The number of nitrogens with zero attached hydrogens (tertiary/aromatic N) is 5. The fourth-order valence-electron chi connectivity index (χ4n) is 4.34. The zero-order chi connectivity index (χ0) is 25.1. The summed E-state index contributed by atoms with van der Waals surface area (Å²) in [4.78, 5) is 39.2. The second-order valence-corrected chi connectivity index (χ2v) is 8.86. The summed E-state index contributed by atoms with van der Waals surface area (Å²) in [6.45, 7) is 4.04. The number of carbonyl (C=O) groups is 1. The third-order valence-electron chi connectivity index (χ3n) is 6.43. The number of piperazine rings is 1. The van der Waals surface area contributed by atoms with Crippen molar-refractivity contribution in [3.05, 3.63) is 88.7 Å². The molecule has 2 aromatic heterocycles. The lowest BCUT2D eigenvalue weighted by Gasteiger charge is -2.34. The highest BCUT2D eigenvalue weighted by Crippen LogP contribution is 2.32. The minimum absolute atomic E-state index is 0.176. The Morgan fingerprint density at radius 3 is 2.61 bits per heavy atom. The third-order valence-corrected chi connectivity index (χ3v) is 6.43. The van der Waals surface area contributed by atoms with Crippen LogP contribution in [0.5, 0.6) is 5.75 Å². The predicted molar refractivity (Wildman–Crippen MR) is 140 cm³/mol. The van der Waals surface area contributed by atoms with Gasteiger partial charge in [0, 0.05) is 43.6 Å². The minimum atomic E-state index is -0.272. The van der Waals surface area contributed by atoms with E-state index in [0.717, 1.165) is 43.3 Å². The number of anilines is 2. The number of hydrogen-bond acceptors (Lipinski definition) is 7. The lowest BCUT2D eigenvalue weighted by molar-refractivity contribution is 0.102. The van der Waals surface area contributed by atoms with Crippen molar-refractivity contribution in [1.29, 1.82) is 0 Å². The molecule has 9 heteroatoms. The van der Waals surface area contributed by atoms with Crippen LogP contribution in [0.1, 0.15) is 16.1 Å². The van der Waals surface area contributed by atoms with Crippen LogP contribution < -0.4 is 20.5 Å². The van der Waals surface area contributed by atoms with Gasteiger partial charge in [0.2, 0.25) is 0 Å². The standard InChI is InChI=1S/C27H28N6O3/c1-31-11-13-32(14-12-31)24-16-20(7-9-25(24)36-2)30-26(34)19-6-8-22-23(15-19)29-18-33(27(22)35)17-21-5-3-4-10-28-21/h3-10,15-16,18H,11-14,17H2,1-2H3,(H,30,34). The number of rotatable bonds is 6. The molecule has 0 radical (unpaired) electrons. The topological polar surface area (TPSA) is 92.6 Å². The van der Waals surface area contributed by atoms with Crippen LogP contribution in [0.2, 0.25) is 0 Å². The molecule has 0 aliphatic carbocycles. The van der Waals surface area contributed by atoms with Crippen molar-refractivity contribution in [2.75, 3.05) is 50.6 Å². The number of methoxy groups -OCH3 is 1. The Labute approximate surface area is 209 Å². The minimum Gasteiger partial charge on any atom is -0.495 e. The second-order valence-electron chi connectivity index (χ2n) is 8.86. The summed E-state index contributed by atoms with van der Waals surface area (Å²) in [5, 5.41) is 3.42. The molecule has 0 unspecified atom stereocenters. The van der Waals surface area contributed by atoms with Gasteiger partial charge >= 0.3 is 0 Å². The van der Waals surface area contributed by atoms with E-state index in [1.165, 1.54) is 10.9 Å². The van der Waals surface area contributed by atoms with Crippen molar-refractivity contribution >= 4 is 28.2 Å². The van der Waals surface area contributed by atoms with Gasteiger partial charge in [0.1, 0.15) is 5.75 Å². The quantitative estimate of drug-likeness (QED) is 0.450. The number of ether oxygens (including phenoxy) is 1. The molecule has 2 aromatic carbocycles. The van der Waals surface area contributed by atoms with E-state index in [4.69, 9.17) is 4.74 Å². The summed E-state index contributed by atoms with van der Waals surface area (Å²) in [7, 11) is 3.76. The van der Waals surface area contributed by atoms with E-state index in [-0.39, 0.29) is 11.5 Å². The SMILES string of the molecule is COc1ccc(NC(=O)c2ccc3c(=O)n(Cc4ccccn4)cnc3c2)cc1N1CCN(C)CC1. The van der Waals surface area contributed by atoms with Gasteiger partial charge in [0.05, 0.1) is 42.3 Å². The monoisotopic (exact) mass is 484 g/mol. The van der Waals surface area contributed by atoms with Gasteiger partial charge in [-0.2, -0.15) is 0 Å². The van der Waals surface area contributed by atoms with Crippen molar-refractivity contribution in [3.8, 4) is 5.75 Å². The van der Waals surface area contributed by atoms with E-state index >= 15 is 0 Å². The second kappa shape index (κ2) is 10.2. The van der Waals surface area contributed by atoms with Crippen LogP contribution in [0.15, 0.2) is 71.9 Å². The fraction of sp³-hybridized carbons (Fsp3) is 0.259. The van der Waals surface area contributed by atoms with Gasteiger partial charge < -0.3 is 19.9 Å². The van der Waals surface area contributed by atoms with Crippen molar-refractivity contribution < 1.29 is 9.53 Å². The molecule has 1 aliphatic rings. The number of pyridine rings is 1. The van der Waals surface area contributed by atoms with Crippen LogP contribution in [0.4, 0.5) is 11.4 Å². The number of likely N-dealkylation sites (N-methyl/N-ethyl adjacent to an activating group) is 1. The van der Waals surface area contributed by atoms with Crippen LogP contribution in [0.3, 0.4) is 0 Å². The average molecular weight is 485 g/mol. The van der Waals surface area contributed by atoms with Gasteiger partial charge in [-0.05, 0) is 55.6 Å². The molecule has 36 heavy (non-hydrogen) atoms. The molecule has 4 aromatic rings. The summed E-state index contributed by atoms with van der Waals surface area (Å²) in [6, 6.07) is 16.1. The Hall–Kier alpha value is -4.24. The summed E-state index contributed by atoms with van der Waals surface area (Å²) in [5.41, 5.74) is 3.12. The molecule has 0 saturated carbocycles. The van der Waals surface area contributed by atoms with Crippen molar-refractivity contribution in [2.45, 2.75) is 6.54 Å². The lowest BCUT2D eigenvalue weighted by Crippen LogP contribution is -2.44. The Balaban J connectivity index is 1.36. The molecule has 0 bridgehead atoms. The number of nitrogens with one attached hydrogen (secondary N) is 1. The van der Waals surface area contributed by atoms with Gasteiger partial charge in [-0.1, -0.05) is 6.07 Å². The first-order valence-electron chi connectivity index (χ1n) is 11.8. The van der Waals surface area contributed by atoms with E-state index in [0.29, 0.717) is 28.7 Å². The number of benzene rings is 2. The molecule has 1 amide bonds. The molecule has 5 rings (SSSR count). The number of aromatic nitrogens is 3. The molecular weight excluding hydrogens is 456 g/mol. The first-order chi connectivity index (χ1) is 17.5. The van der Waals surface area contributed by atoms with E-state index in [2.05, 4.69) is 32.1 Å². The van der Waals surface area contributed by atoms with E-state index in [1.807, 2.05) is 36.4 Å². The Morgan fingerprint density at radius 1 is 1.03 bits per heavy atom. The number of hydrogen-bond donors (Lipinski definition) is 1. The molecule has 1 aliphatic heterocycles. The van der Waals surface area contributed by atoms with E-state index < -0.39 is 0 Å². The van der Waals surface area contributed by atoms with Gasteiger partial charge in [0.15, 0.2) is 0 Å². The van der Waals surface area contributed by atoms with Crippen LogP contribution in [-0.4, -0.2) is 65.7 Å². The van der Waals surface area contributed by atoms with Crippen LogP contribution in [0.25, 0.3) is 10.9 Å². The van der Waals surface area contributed by atoms with Gasteiger partial charge in [0.25, 0.3) is 11.5 Å². The average Bonchev–Trinajstić information content (AvgIpc) is 2.91. The first kappa shape index (κ1) is 23.5. The summed E-state index contributed by atoms with van der Waals surface area (Å²) >= 11 is 0. The zero-order valence-corrected chi connectivity index (χ0v) is 20.3. The van der Waals surface area contributed by atoms with E-state index in [1.54, 1.807) is 31.5 Å². The molecule has 1 N–H and O–H groups in total. The Kier molecular flexibility index (Phi) is 6.64. The lowest BCUT2D eigenvalue weighted by atomic mass is 10.1.